The number of nitrogens with zero attached hydrogens (tertiary/aromatic N) is 1. The van der Waals surface area contributed by atoms with Crippen molar-refractivity contribution in [3.63, 3.8) is 0 Å². The maximum absolute atomic E-state index is 11.9. The summed E-state index contributed by atoms with van der Waals surface area (Å²) in [4.78, 5) is 24.3. The summed E-state index contributed by atoms with van der Waals surface area (Å²) >= 11 is 0. The molecule has 1 amide bonds. The fourth-order valence-electron chi connectivity index (χ4n) is 2.21. The number of rotatable bonds is 5. The lowest BCUT2D eigenvalue weighted by Crippen LogP contribution is -2.44. The Balaban J connectivity index is 2.37. The summed E-state index contributed by atoms with van der Waals surface area (Å²) in [6.45, 7) is 3.71. The standard InChI is InChI=1S/C12H22N2O3/c1-9(8-12(16)17)7-11(15)14(2)10-3-5-13-6-4-10/h9-10,13H,3-8H2,1-2H3,(H,16,17). The first-order valence-electron chi connectivity index (χ1n) is 6.19. The number of hydrogen-bond acceptors (Lipinski definition) is 3. The summed E-state index contributed by atoms with van der Waals surface area (Å²) in [6, 6.07) is 0.306. The zero-order valence-corrected chi connectivity index (χ0v) is 10.6. The van der Waals surface area contributed by atoms with Crippen molar-refractivity contribution < 1.29 is 14.7 Å². The minimum absolute atomic E-state index is 0.0608. The Morgan fingerprint density at radius 2 is 1.94 bits per heavy atom. The second-order valence-corrected chi connectivity index (χ2v) is 4.89. The van der Waals surface area contributed by atoms with Crippen LogP contribution in [-0.2, 0) is 9.59 Å². The van der Waals surface area contributed by atoms with E-state index in [-0.39, 0.29) is 18.2 Å². The van der Waals surface area contributed by atoms with E-state index in [0.717, 1.165) is 25.9 Å². The molecule has 1 saturated heterocycles. The molecule has 1 fully saturated rings. The molecule has 1 heterocycles. The zero-order chi connectivity index (χ0) is 12.8. The largest absolute Gasteiger partial charge is 0.481 e. The lowest BCUT2D eigenvalue weighted by Gasteiger charge is -2.32. The molecule has 0 spiro atoms. The van der Waals surface area contributed by atoms with Crippen LogP contribution >= 0.6 is 0 Å². The number of nitrogens with one attached hydrogen (secondary N) is 1. The highest BCUT2D eigenvalue weighted by molar-refractivity contribution is 5.77. The van der Waals surface area contributed by atoms with E-state index in [4.69, 9.17) is 5.11 Å². The topological polar surface area (TPSA) is 69.6 Å². The van der Waals surface area contributed by atoms with E-state index in [1.54, 1.807) is 4.90 Å². The minimum atomic E-state index is -0.838. The number of hydrogen-bond donors (Lipinski definition) is 2. The lowest BCUT2D eigenvalue weighted by atomic mass is 10.0. The maximum atomic E-state index is 11.9. The normalized spacial score (nSPS) is 18.7. The summed E-state index contributed by atoms with van der Waals surface area (Å²) < 4.78 is 0. The summed E-state index contributed by atoms with van der Waals surface area (Å²) in [5.74, 6) is -0.871. The molecule has 0 saturated carbocycles. The first-order chi connectivity index (χ1) is 8.00. The van der Waals surface area contributed by atoms with Gasteiger partial charge in [-0.1, -0.05) is 6.92 Å². The highest BCUT2D eigenvalue weighted by Crippen LogP contribution is 2.15. The first kappa shape index (κ1) is 14.0. The van der Waals surface area contributed by atoms with Crippen LogP contribution < -0.4 is 5.32 Å². The van der Waals surface area contributed by atoms with Gasteiger partial charge in [0, 0.05) is 25.9 Å². The second-order valence-electron chi connectivity index (χ2n) is 4.89. The van der Waals surface area contributed by atoms with Gasteiger partial charge >= 0.3 is 5.97 Å². The van der Waals surface area contributed by atoms with Crippen LogP contribution in [0.2, 0.25) is 0 Å². The predicted octanol–water partition coefficient (Wildman–Crippen LogP) is 0.698. The molecule has 17 heavy (non-hydrogen) atoms. The van der Waals surface area contributed by atoms with Crippen LogP contribution in [0.25, 0.3) is 0 Å². The van der Waals surface area contributed by atoms with E-state index >= 15 is 0 Å². The van der Waals surface area contributed by atoms with Crippen molar-refractivity contribution in [2.45, 2.75) is 38.6 Å². The molecule has 98 valence electrons. The van der Waals surface area contributed by atoms with E-state index in [2.05, 4.69) is 5.32 Å². The lowest BCUT2D eigenvalue weighted by molar-refractivity contribution is -0.138. The van der Waals surface area contributed by atoms with Crippen molar-refractivity contribution in [2.75, 3.05) is 20.1 Å². The molecule has 1 atom stereocenters. The molecule has 0 aromatic heterocycles. The number of carboxylic acids is 1. The monoisotopic (exact) mass is 242 g/mol. The fourth-order valence-corrected chi connectivity index (χ4v) is 2.21. The summed E-state index contributed by atoms with van der Waals surface area (Å²) in [6.07, 6.45) is 2.35. The third-order valence-corrected chi connectivity index (χ3v) is 3.30. The average molecular weight is 242 g/mol. The molecule has 1 aliphatic rings. The van der Waals surface area contributed by atoms with Crippen LogP contribution in [0.1, 0.15) is 32.6 Å². The summed E-state index contributed by atoms with van der Waals surface area (Å²) in [5.41, 5.74) is 0. The second kappa shape index (κ2) is 6.59. The number of carbonyl (C=O) groups excluding carboxylic acids is 1. The van der Waals surface area contributed by atoms with Crippen molar-refractivity contribution in [1.82, 2.24) is 10.2 Å². The van der Waals surface area contributed by atoms with Gasteiger partial charge in [-0.3, -0.25) is 9.59 Å². The van der Waals surface area contributed by atoms with Gasteiger partial charge in [0.25, 0.3) is 0 Å². The van der Waals surface area contributed by atoms with Crippen molar-refractivity contribution >= 4 is 11.9 Å². The quantitative estimate of drug-likeness (QED) is 0.744. The van der Waals surface area contributed by atoms with E-state index in [9.17, 15) is 9.59 Å². The van der Waals surface area contributed by atoms with E-state index in [1.807, 2.05) is 14.0 Å². The van der Waals surface area contributed by atoms with Gasteiger partial charge in [-0.25, -0.2) is 0 Å². The predicted molar refractivity (Wildman–Crippen MR) is 64.7 cm³/mol. The average Bonchev–Trinajstić information content (AvgIpc) is 2.28. The van der Waals surface area contributed by atoms with E-state index in [1.165, 1.54) is 0 Å². The molecule has 0 aliphatic carbocycles. The Kier molecular flexibility index (Phi) is 5.41. The highest BCUT2D eigenvalue weighted by Gasteiger charge is 2.23. The smallest absolute Gasteiger partial charge is 0.303 e. The molecule has 1 unspecified atom stereocenters. The molecule has 1 rings (SSSR count). The van der Waals surface area contributed by atoms with Gasteiger partial charge in [-0.15, -0.1) is 0 Å². The van der Waals surface area contributed by atoms with Gasteiger partial charge < -0.3 is 15.3 Å². The number of piperidine rings is 1. The van der Waals surface area contributed by atoms with Crippen molar-refractivity contribution in [2.24, 2.45) is 5.92 Å². The summed E-state index contributed by atoms with van der Waals surface area (Å²) in [5, 5.41) is 11.9. The number of aliphatic carboxylic acids is 1. The molecule has 2 N–H and O–H groups in total. The Labute approximate surface area is 102 Å². The van der Waals surface area contributed by atoms with Gasteiger partial charge in [-0.2, -0.15) is 0 Å². The van der Waals surface area contributed by atoms with Gasteiger partial charge in [0.15, 0.2) is 0 Å². The van der Waals surface area contributed by atoms with Gasteiger partial charge in [0.1, 0.15) is 0 Å². The molecule has 0 radical (unpaired) electrons. The van der Waals surface area contributed by atoms with Crippen LogP contribution in [0, 0.1) is 5.92 Å². The third kappa shape index (κ3) is 4.73. The van der Waals surface area contributed by atoms with Crippen molar-refractivity contribution in [1.29, 1.82) is 0 Å². The molecular weight excluding hydrogens is 220 g/mol. The summed E-state index contributed by atoms with van der Waals surface area (Å²) in [7, 11) is 1.83. The van der Waals surface area contributed by atoms with Gasteiger partial charge in [0.2, 0.25) is 5.91 Å². The first-order valence-corrected chi connectivity index (χ1v) is 6.19. The van der Waals surface area contributed by atoms with Crippen molar-refractivity contribution in [3.8, 4) is 0 Å². The zero-order valence-electron chi connectivity index (χ0n) is 10.6. The van der Waals surface area contributed by atoms with Crippen LogP contribution in [0.4, 0.5) is 0 Å². The Hall–Kier alpha value is -1.10. The fraction of sp³-hybridized carbons (Fsp3) is 0.833. The van der Waals surface area contributed by atoms with Crippen LogP contribution in [0.15, 0.2) is 0 Å². The Morgan fingerprint density at radius 1 is 1.35 bits per heavy atom. The third-order valence-electron chi connectivity index (χ3n) is 3.30. The van der Waals surface area contributed by atoms with Crippen molar-refractivity contribution in [3.05, 3.63) is 0 Å². The Morgan fingerprint density at radius 3 is 2.47 bits per heavy atom. The van der Waals surface area contributed by atoms with Crippen LogP contribution in [-0.4, -0.2) is 48.1 Å². The molecule has 0 aromatic carbocycles. The molecule has 5 nitrogen and oxygen atoms in total. The molecule has 5 heteroatoms. The number of carbonyl (C=O) groups is 2. The maximum Gasteiger partial charge on any atom is 0.303 e. The molecule has 1 aliphatic heterocycles. The van der Waals surface area contributed by atoms with E-state index in [0.29, 0.717) is 12.5 Å². The van der Waals surface area contributed by atoms with E-state index < -0.39 is 5.97 Å². The molecule has 0 bridgehead atoms. The number of carboxylic acid groups (broad SMARTS) is 1. The van der Waals surface area contributed by atoms with Gasteiger partial charge in [-0.05, 0) is 31.8 Å². The highest BCUT2D eigenvalue weighted by atomic mass is 16.4. The number of amides is 1. The van der Waals surface area contributed by atoms with Gasteiger partial charge in [0.05, 0.1) is 0 Å². The molecule has 0 aromatic rings. The van der Waals surface area contributed by atoms with Crippen LogP contribution in [0.3, 0.4) is 0 Å². The SMILES string of the molecule is CC(CC(=O)O)CC(=O)N(C)C1CCNCC1. The Bertz CT molecular complexity index is 275. The van der Waals surface area contributed by atoms with Crippen LogP contribution in [0.5, 0.6) is 0 Å². The molecular formula is C12H22N2O3. The minimum Gasteiger partial charge on any atom is -0.481 e.